The fourth-order valence-corrected chi connectivity index (χ4v) is 3.27. The zero-order valence-corrected chi connectivity index (χ0v) is 15.6. The van der Waals surface area contributed by atoms with Crippen molar-refractivity contribution in [2.45, 2.75) is 31.3 Å². The van der Waals surface area contributed by atoms with Gasteiger partial charge in [-0.15, -0.1) is 11.8 Å². The number of ketones is 2. The van der Waals surface area contributed by atoms with Crippen LogP contribution in [0.1, 0.15) is 42.3 Å². The summed E-state index contributed by atoms with van der Waals surface area (Å²) in [6, 6.07) is 15.1. The van der Waals surface area contributed by atoms with Crippen LogP contribution >= 0.6 is 11.8 Å². The summed E-state index contributed by atoms with van der Waals surface area (Å²) < 4.78 is 6.03. The van der Waals surface area contributed by atoms with Gasteiger partial charge in [-0.2, -0.15) is 0 Å². The van der Waals surface area contributed by atoms with E-state index in [1.54, 1.807) is 43.8 Å². The number of carbonyl (C=O) groups excluding carboxylic acids is 2. The Morgan fingerprint density at radius 1 is 1.04 bits per heavy atom. The maximum absolute atomic E-state index is 12.9. The van der Waals surface area contributed by atoms with E-state index in [1.807, 2.05) is 36.6 Å². The third-order valence-electron chi connectivity index (χ3n) is 4.27. The van der Waals surface area contributed by atoms with Gasteiger partial charge in [0.05, 0.1) is 5.57 Å². The molecule has 0 aliphatic carbocycles. The molecule has 0 saturated carbocycles. The van der Waals surface area contributed by atoms with Gasteiger partial charge < -0.3 is 4.74 Å². The molecule has 0 atom stereocenters. The Hall–Kier alpha value is -2.33. The number of thioether (sulfide) groups is 1. The van der Waals surface area contributed by atoms with E-state index in [1.165, 1.54) is 6.92 Å². The predicted octanol–water partition coefficient (Wildman–Crippen LogP) is 4.86. The Kier molecular flexibility index (Phi) is 4.56. The van der Waals surface area contributed by atoms with Crippen molar-refractivity contribution in [3.8, 4) is 0 Å². The lowest BCUT2D eigenvalue weighted by atomic mass is 9.91. The zero-order chi connectivity index (χ0) is 18.2. The van der Waals surface area contributed by atoms with Gasteiger partial charge in [-0.3, -0.25) is 9.59 Å². The van der Waals surface area contributed by atoms with E-state index in [4.69, 9.17) is 4.74 Å². The molecule has 0 fully saturated rings. The molecule has 1 aliphatic rings. The molecule has 0 bridgehead atoms. The van der Waals surface area contributed by atoms with Gasteiger partial charge in [0, 0.05) is 16.0 Å². The first-order chi connectivity index (χ1) is 11.8. The second-order valence-electron chi connectivity index (χ2n) is 6.51. The second kappa shape index (κ2) is 6.52. The minimum absolute atomic E-state index is 0.0288. The van der Waals surface area contributed by atoms with Gasteiger partial charge in [0.15, 0.2) is 11.4 Å². The van der Waals surface area contributed by atoms with Crippen LogP contribution in [0.5, 0.6) is 0 Å². The van der Waals surface area contributed by atoms with Crippen molar-refractivity contribution in [2.75, 3.05) is 6.26 Å². The highest BCUT2D eigenvalue weighted by Crippen LogP contribution is 2.41. The Balaban J connectivity index is 2.17. The van der Waals surface area contributed by atoms with Crippen LogP contribution in [0.4, 0.5) is 0 Å². The predicted molar refractivity (Wildman–Crippen MR) is 102 cm³/mol. The number of benzene rings is 2. The molecule has 0 spiro atoms. The molecule has 3 nitrogen and oxygen atoms in total. The number of ether oxygens (including phenoxy) is 1. The first kappa shape index (κ1) is 17.5. The standard InChI is InChI=1S/C21H20O3S/c1-13(22)15-6-5-7-16(12-15)18-19(24-21(2,3)20(18)23)14-8-10-17(25-4)11-9-14/h5-12H,1-4H3. The van der Waals surface area contributed by atoms with E-state index >= 15 is 0 Å². The molecule has 0 unspecified atom stereocenters. The van der Waals surface area contributed by atoms with Gasteiger partial charge in [-0.25, -0.2) is 0 Å². The molecule has 1 aliphatic heterocycles. The van der Waals surface area contributed by atoms with E-state index in [-0.39, 0.29) is 11.6 Å². The molecule has 2 aromatic carbocycles. The lowest BCUT2D eigenvalue weighted by Crippen LogP contribution is -2.29. The number of hydrogen-bond acceptors (Lipinski definition) is 4. The van der Waals surface area contributed by atoms with Crippen LogP contribution in [-0.2, 0) is 9.53 Å². The molecule has 128 valence electrons. The van der Waals surface area contributed by atoms with Crippen molar-refractivity contribution in [1.29, 1.82) is 0 Å². The highest BCUT2D eigenvalue weighted by Gasteiger charge is 2.42. The smallest absolute Gasteiger partial charge is 0.210 e. The number of hydrogen-bond donors (Lipinski definition) is 0. The minimum Gasteiger partial charge on any atom is -0.478 e. The first-order valence-electron chi connectivity index (χ1n) is 8.07. The molecule has 0 amide bonds. The number of carbonyl (C=O) groups is 2. The Morgan fingerprint density at radius 2 is 1.72 bits per heavy atom. The Morgan fingerprint density at radius 3 is 2.32 bits per heavy atom. The summed E-state index contributed by atoms with van der Waals surface area (Å²) in [7, 11) is 0. The van der Waals surface area contributed by atoms with Gasteiger partial charge in [-0.05, 0) is 50.8 Å². The molecular weight excluding hydrogens is 332 g/mol. The number of rotatable bonds is 4. The normalized spacial score (nSPS) is 16.1. The highest BCUT2D eigenvalue weighted by molar-refractivity contribution is 7.98. The number of Topliss-reactive ketones (excluding diaryl/α,β-unsaturated/α-hetero) is 2. The van der Waals surface area contributed by atoms with Crippen LogP contribution in [0.25, 0.3) is 11.3 Å². The SMILES string of the molecule is CSc1ccc(C2=C(c3cccc(C(C)=O)c3)C(=O)C(C)(C)O2)cc1. The van der Waals surface area contributed by atoms with Crippen LogP contribution in [-0.4, -0.2) is 23.4 Å². The summed E-state index contributed by atoms with van der Waals surface area (Å²) in [6.45, 7) is 5.06. The van der Waals surface area contributed by atoms with Crippen molar-refractivity contribution in [3.05, 3.63) is 65.2 Å². The second-order valence-corrected chi connectivity index (χ2v) is 7.39. The summed E-state index contributed by atoms with van der Waals surface area (Å²) in [5.74, 6) is 0.472. The third-order valence-corrected chi connectivity index (χ3v) is 5.01. The molecule has 3 rings (SSSR count). The van der Waals surface area contributed by atoms with Gasteiger partial charge in [0.25, 0.3) is 0 Å². The molecule has 1 heterocycles. The van der Waals surface area contributed by atoms with Crippen molar-refractivity contribution < 1.29 is 14.3 Å². The molecular formula is C21H20O3S. The summed E-state index contributed by atoms with van der Waals surface area (Å²) in [5, 5.41) is 0. The Labute approximate surface area is 152 Å². The summed E-state index contributed by atoms with van der Waals surface area (Å²) in [5.41, 5.74) is 1.77. The lowest BCUT2D eigenvalue weighted by Gasteiger charge is -2.17. The van der Waals surface area contributed by atoms with E-state index < -0.39 is 5.60 Å². The van der Waals surface area contributed by atoms with Crippen molar-refractivity contribution in [3.63, 3.8) is 0 Å². The van der Waals surface area contributed by atoms with Crippen LogP contribution < -0.4 is 0 Å². The molecule has 0 N–H and O–H groups in total. The molecule has 0 saturated heterocycles. The van der Waals surface area contributed by atoms with Crippen molar-refractivity contribution in [2.24, 2.45) is 0 Å². The molecule has 25 heavy (non-hydrogen) atoms. The average molecular weight is 352 g/mol. The van der Waals surface area contributed by atoms with Gasteiger partial charge in [0.1, 0.15) is 5.76 Å². The van der Waals surface area contributed by atoms with Crippen LogP contribution in [0.15, 0.2) is 53.4 Å². The Bertz CT molecular complexity index is 876. The fourth-order valence-electron chi connectivity index (χ4n) is 2.86. The average Bonchev–Trinajstić information content (AvgIpc) is 2.85. The lowest BCUT2D eigenvalue weighted by molar-refractivity contribution is -0.125. The maximum atomic E-state index is 12.9. The van der Waals surface area contributed by atoms with E-state index in [0.29, 0.717) is 22.5 Å². The van der Waals surface area contributed by atoms with E-state index in [0.717, 1.165) is 10.5 Å². The van der Waals surface area contributed by atoms with Crippen LogP contribution in [0.3, 0.4) is 0 Å². The quantitative estimate of drug-likeness (QED) is 0.582. The maximum Gasteiger partial charge on any atom is 0.210 e. The zero-order valence-electron chi connectivity index (χ0n) is 14.8. The third kappa shape index (κ3) is 3.27. The van der Waals surface area contributed by atoms with E-state index in [2.05, 4.69) is 0 Å². The van der Waals surface area contributed by atoms with Gasteiger partial charge >= 0.3 is 0 Å². The monoisotopic (exact) mass is 352 g/mol. The first-order valence-corrected chi connectivity index (χ1v) is 9.30. The molecule has 0 radical (unpaired) electrons. The fraction of sp³-hybridized carbons (Fsp3) is 0.238. The minimum atomic E-state index is -0.922. The topological polar surface area (TPSA) is 43.4 Å². The highest BCUT2D eigenvalue weighted by atomic mass is 32.2. The largest absolute Gasteiger partial charge is 0.478 e. The summed E-state index contributed by atoms with van der Waals surface area (Å²) in [6.07, 6.45) is 2.02. The molecule has 4 heteroatoms. The van der Waals surface area contributed by atoms with E-state index in [9.17, 15) is 9.59 Å². The van der Waals surface area contributed by atoms with Gasteiger partial charge in [-0.1, -0.05) is 30.3 Å². The molecule has 2 aromatic rings. The van der Waals surface area contributed by atoms with Gasteiger partial charge in [0.2, 0.25) is 5.78 Å². The van der Waals surface area contributed by atoms with Crippen LogP contribution in [0, 0.1) is 0 Å². The summed E-state index contributed by atoms with van der Waals surface area (Å²) >= 11 is 1.66. The summed E-state index contributed by atoms with van der Waals surface area (Å²) in [4.78, 5) is 25.8. The molecule has 0 aromatic heterocycles. The van der Waals surface area contributed by atoms with Crippen molar-refractivity contribution >= 4 is 34.7 Å². The van der Waals surface area contributed by atoms with Crippen LogP contribution in [0.2, 0.25) is 0 Å². The van der Waals surface area contributed by atoms with Crippen molar-refractivity contribution in [1.82, 2.24) is 0 Å².